The molecule has 1 aromatic carbocycles. The van der Waals surface area contributed by atoms with Crippen LogP contribution < -0.4 is 15.8 Å². The van der Waals surface area contributed by atoms with Crippen LogP contribution >= 0.6 is 0 Å². The van der Waals surface area contributed by atoms with E-state index in [1.54, 1.807) is 13.2 Å². The SMILES string of the molecule is COc1cc(N)cc(NCC2(O)CCC2)c1. The van der Waals surface area contributed by atoms with E-state index in [1.807, 2.05) is 12.1 Å². The van der Waals surface area contributed by atoms with E-state index in [1.165, 1.54) is 0 Å². The summed E-state index contributed by atoms with van der Waals surface area (Å²) in [6.07, 6.45) is 2.86. The van der Waals surface area contributed by atoms with Crippen LogP contribution in [-0.4, -0.2) is 24.4 Å². The van der Waals surface area contributed by atoms with E-state index in [-0.39, 0.29) is 0 Å². The van der Waals surface area contributed by atoms with Gasteiger partial charge in [-0.25, -0.2) is 0 Å². The van der Waals surface area contributed by atoms with E-state index in [4.69, 9.17) is 10.5 Å². The number of nitrogen functional groups attached to an aromatic ring is 1. The highest BCUT2D eigenvalue weighted by Crippen LogP contribution is 2.32. The topological polar surface area (TPSA) is 67.5 Å². The van der Waals surface area contributed by atoms with E-state index in [2.05, 4.69) is 5.32 Å². The number of ether oxygens (including phenoxy) is 1. The molecular formula is C12H18N2O2. The average Bonchev–Trinajstić information content (AvgIpc) is 2.23. The molecule has 0 aromatic heterocycles. The summed E-state index contributed by atoms with van der Waals surface area (Å²) in [6.45, 7) is 0.569. The van der Waals surface area contributed by atoms with Gasteiger partial charge in [0, 0.05) is 30.1 Å². The summed E-state index contributed by atoms with van der Waals surface area (Å²) in [4.78, 5) is 0. The molecule has 0 spiro atoms. The smallest absolute Gasteiger partial charge is 0.122 e. The molecule has 1 saturated carbocycles. The summed E-state index contributed by atoms with van der Waals surface area (Å²) < 4.78 is 5.13. The fraction of sp³-hybridized carbons (Fsp3) is 0.500. The number of anilines is 2. The van der Waals surface area contributed by atoms with E-state index in [0.29, 0.717) is 12.2 Å². The number of hydrogen-bond acceptors (Lipinski definition) is 4. The Morgan fingerprint density at radius 1 is 1.44 bits per heavy atom. The number of nitrogens with two attached hydrogens (primary N) is 1. The van der Waals surface area contributed by atoms with Crippen LogP contribution in [0.25, 0.3) is 0 Å². The number of methoxy groups -OCH3 is 1. The van der Waals surface area contributed by atoms with Crippen molar-refractivity contribution in [2.24, 2.45) is 0 Å². The maximum Gasteiger partial charge on any atom is 0.122 e. The van der Waals surface area contributed by atoms with Crippen molar-refractivity contribution in [1.82, 2.24) is 0 Å². The largest absolute Gasteiger partial charge is 0.497 e. The van der Waals surface area contributed by atoms with Crippen LogP contribution in [0, 0.1) is 0 Å². The van der Waals surface area contributed by atoms with Gasteiger partial charge >= 0.3 is 0 Å². The number of nitrogens with one attached hydrogen (secondary N) is 1. The standard InChI is InChI=1S/C12H18N2O2/c1-16-11-6-9(13)5-10(7-11)14-8-12(15)3-2-4-12/h5-7,14-15H,2-4,8,13H2,1H3. The van der Waals surface area contributed by atoms with E-state index < -0.39 is 5.60 Å². The summed E-state index contributed by atoms with van der Waals surface area (Å²) in [5.74, 6) is 0.725. The quantitative estimate of drug-likeness (QED) is 0.677. The van der Waals surface area contributed by atoms with Crippen molar-refractivity contribution in [3.05, 3.63) is 18.2 Å². The van der Waals surface area contributed by atoms with Gasteiger partial charge in [0.05, 0.1) is 12.7 Å². The molecule has 1 aliphatic rings. The maximum absolute atomic E-state index is 9.94. The van der Waals surface area contributed by atoms with Crippen molar-refractivity contribution in [2.45, 2.75) is 24.9 Å². The lowest BCUT2D eigenvalue weighted by molar-refractivity contribution is -0.0202. The third kappa shape index (κ3) is 2.39. The lowest BCUT2D eigenvalue weighted by Crippen LogP contribution is -2.43. The van der Waals surface area contributed by atoms with E-state index >= 15 is 0 Å². The van der Waals surface area contributed by atoms with E-state index in [9.17, 15) is 5.11 Å². The van der Waals surface area contributed by atoms with E-state index in [0.717, 1.165) is 30.7 Å². The summed E-state index contributed by atoms with van der Waals surface area (Å²) >= 11 is 0. The summed E-state index contributed by atoms with van der Waals surface area (Å²) in [6, 6.07) is 5.48. The summed E-state index contributed by atoms with van der Waals surface area (Å²) in [5, 5.41) is 13.1. The molecule has 0 radical (unpaired) electrons. The molecule has 0 heterocycles. The fourth-order valence-electron chi connectivity index (χ4n) is 1.87. The van der Waals surface area contributed by atoms with Crippen LogP contribution in [0.4, 0.5) is 11.4 Å². The lowest BCUT2D eigenvalue weighted by atomic mass is 9.80. The van der Waals surface area contributed by atoms with Gasteiger partial charge in [0.25, 0.3) is 0 Å². The highest BCUT2D eigenvalue weighted by atomic mass is 16.5. The molecule has 2 rings (SSSR count). The Morgan fingerprint density at radius 2 is 2.19 bits per heavy atom. The third-order valence-corrected chi connectivity index (χ3v) is 3.07. The Labute approximate surface area is 95.4 Å². The molecule has 1 fully saturated rings. The van der Waals surface area contributed by atoms with Gasteiger partial charge in [0.2, 0.25) is 0 Å². The van der Waals surface area contributed by atoms with Crippen molar-refractivity contribution < 1.29 is 9.84 Å². The molecule has 1 aromatic rings. The molecule has 0 unspecified atom stereocenters. The molecular weight excluding hydrogens is 204 g/mol. The first-order chi connectivity index (χ1) is 7.61. The zero-order chi connectivity index (χ0) is 11.6. The zero-order valence-corrected chi connectivity index (χ0v) is 9.49. The fourth-order valence-corrected chi connectivity index (χ4v) is 1.87. The molecule has 4 heteroatoms. The predicted octanol–water partition coefficient (Wildman–Crippen LogP) is 1.60. The Kier molecular flexibility index (Phi) is 2.92. The number of benzene rings is 1. The minimum atomic E-state index is -0.530. The van der Waals surface area contributed by atoms with Gasteiger partial charge in [0.1, 0.15) is 5.75 Å². The van der Waals surface area contributed by atoms with Gasteiger partial charge in [-0.1, -0.05) is 0 Å². The van der Waals surface area contributed by atoms with Crippen LogP contribution in [0.15, 0.2) is 18.2 Å². The maximum atomic E-state index is 9.94. The second-order valence-electron chi connectivity index (χ2n) is 4.43. The van der Waals surface area contributed by atoms with Crippen LogP contribution in [-0.2, 0) is 0 Å². The van der Waals surface area contributed by atoms with Crippen molar-refractivity contribution in [2.75, 3.05) is 24.7 Å². The molecule has 1 aliphatic carbocycles. The Hall–Kier alpha value is -1.42. The Balaban J connectivity index is 2.00. The monoisotopic (exact) mass is 222 g/mol. The molecule has 0 aliphatic heterocycles. The van der Waals surface area contributed by atoms with Gasteiger partial charge in [-0.3, -0.25) is 0 Å². The van der Waals surface area contributed by atoms with Crippen LogP contribution in [0.1, 0.15) is 19.3 Å². The van der Waals surface area contributed by atoms with Crippen molar-refractivity contribution in [1.29, 1.82) is 0 Å². The highest BCUT2D eigenvalue weighted by molar-refractivity contribution is 5.59. The normalized spacial score (nSPS) is 17.6. The number of hydrogen-bond donors (Lipinski definition) is 3. The molecule has 4 N–H and O–H groups in total. The third-order valence-electron chi connectivity index (χ3n) is 3.07. The van der Waals surface area contributed by atoms with Crippen molar-refractivity contribution >= 4 is 11.4 Å². The van der Waals surface area contributed by atoms with Crippen molar-refractivity contribution in [3.63, 3.8) is 0 Å². The molecule has 0 amide bonds. The van der Waals surface area contributed by atoms with Gasteiger partial charge in [0.15, 0.2) is 0 Å². The predicted molar refractivity (Wildman–Crippen MR) is 64.7 cm³/mol. The highest BCUT2D eigenvalue weighted by Gasteiger charge is 2.33. The second kappa shape index (κ2) is 4.22. The van der Waals surface area contributed by atoms with Crippen molar-refractivity contribution in [3.8, 4) is 5.75 Å². The lowest BCUT2D eigenvalue weighted by Gasteiger charge is -2.36. The first-order valence-electron chi connectivity index (χ1n) is 5.52. The summed E-state index contributed by atoms with van der Waals surface area (Å²) in [7, 11) is 1.61. The minimum absolute atomic E-state index is 0.530. The molecule has 16 heavy (non-hydrogen) atoms. The average molecular weight is 222 g/mol. The van der Waals surface area contributed by atoms with Crippen LogP contribution in [0.3, 0.4) is 0 Å². The zero-order valence-electron chi connectivity index (χ0n) is 9.49. The second-order valence-corrected chi connectivity index (χ2v) is 4.43. The Morgan fingerprint density at radius 3 is 2.75 bits per heavy atom. The van der Waals surface area contributed by atoms with Gasteiger partial charge in [-0.2, -0.15) is 0 Å². The van der Waals surface area contributed by atoms with Gasteiger partial charge in [-0.15, -0.1) is 0 Å². The summed E-state index contributed by atoms with van der Waals surface area (Å²) in [5.41, 5.74) is 6.75. The minimum Gasteiger partial charge on any atom is -0.497 e. The van der Waals surface area contributed by atoms with Gasteiger partial charge in [-0.05, 0) is 25.3 Å². The molecule has 0 saturated heterocycles. The molecule has 0 atom stereocenters. The molecule has 0 bridgehead atoms. The molecule has 88 valence electrons. The number of aliphatic hydroxyl groups is 1. The van der Waals surface area contributed by atoms with Gasteiger partial charge < -0.3 is 20.9 Å². The van der Waals surface area contributed by atoms with Crippen LogP contribution in [0.5, 0.6) is 5.75 Å². The van der Waals surface area contributed by atoms with Crippen LogP contribution in [0.2, 0.25) is 0 Å². The number of rotatable bonds is 4. The molecule has 4 nitrogen and oxygen atoms in total. The first kappa shape index (κ1) is 11.1. The Bertz CT molecular complexity index is 375. The first-order valence-corrected chi connectivity index (χ1v) is 5.52.